The van der Waals surface area contributed by atoms with Crippen LogP contribution in [0.15, 0.2) is 24.3 Å². The van der Waals surface area contributed by atoms with Crippen molar-refractivity contribution in [2.75, 3.05) is 13.2 Å². The van der Waals surface area contributed by atoms with Gasteiger partial charge in [0, 0.05) is 13.5 Å². The maximum absolute atomic E-state index is 10.8. The Balaban J connectivity index is 2.35. The second-order valence-electron chi connectivity index (χ2n) is 5.78. The highest BCUT2D eigenvalue weighted by atomic mass is 16.5. The van der Waals surface area contributed by atoms with Gasteiger partial charge in [-0.3, -0.25) is 4.79 Å². The lowest BCUT2D eigenvalue weighted by Crippen LogP contribution is -2.34. The lowest BCUT2D eigenvalue weighted by molar-refractivity contribution is -0.119. The third-order valence-corrected chi connectivity index (χ3v) is 3.66. The number of unbranched alkanes of at least 4 members (excludes halogenated alkanes) is 4. The van der Waals surface area contributed by atoms with Gasteiger partial charge in [-0.25, -0.2) is 0 Å². The number of carbonyl (C=O) groups is 1. The summed E-state index contributed by atoms with van der Waals surface area (Å²) in [7, 11) is 0. The van der Waals surface area contributed by atoms with Crippen LogP contribution in [0.25, 0.3) is 0 Å². The first-order chi connectivity index (χ1) is 11.0. The van der Waals surface area contributed by atoms with Crippen LogP contribution in [0.4, 0.5) is 0 Å². The largest absolute Gasteiger partial charge is 0.494 e. The molecule has 5 heteroatoms. The van der Waals surface area contributed by atoms with Crippen LogP contribution >= 0.6 is 0 Å². The number of aliphatic hydroxyl groups excluding tert-OH is 2. The normalized spacial score (nSPS) is 13.4. The Morgan fingerprint density at radius 2 is 1.78 bits per heavy atom. The van der Waals surface area contributed by atoms with E-state index in [1.165, 1.54) is 32.6 Å². The van der Waals surface area contributed by atoms with Crippen LogP contribution < -0.4 is 10.1 Å². The third-order valence-electron chi connectivity index (χ3n) is 3.66. The molecule has 0 saturated carbocycles. The molecule has 5 nitrogen and oxygen atoms in total. The molecule has 0 spiro atoms. The van der Waals surface area contributed by atoms with E-state index in [9.17, 15) is 15.0 Å². The van der Waals surface area contributed by atoms with Crippen molar-refractivity contribution in [2.45, 2.75) is 58.2 Å². The second-order valence-corrected chi connectivity index (χ2v) is 5.78. The highest BCUT2D eigenvalue weighted by Crippen LogP contribution is 2.20. The lowest BCUT2D eigenvalue weighted by atomic mass is 10.0. The molecular formula is C18H29NO4. The standard InChI is InChI=1S/C18H29NO4/c1-3-4-5-6-7-12-23-16-10-8-15(9-11-16)18(22)17(21)13-19-14(2)20/h8-11,17-18,21-22H,3-7,12-13H2,1-2H3,(H,19,20). The molecule has 0 aliphatic carbocycles. The molecule has 2 unspecified atom stereocenters. The third kappa shape index (κ3) is 8.00. The SMILES string of the molecule is CCCCCCCOc1ccc(C(O)C(O)CNC(C)=O)cc1. The van der Waals surface area contributed by atoms with Gasteiger partial charge in [-0.15, -0.1) is 0 Å². The highest BCUT2D eigenvalue weighted by molar-refractivity contribution is 5.72. The van der Waals surface area contributed by atoms with Crippen LogP contribution in [0.5, 0.6) is 5.75 Å². The Bertz CT molecular complexity index is 447. The van der Waals surface area contributed by atoms with Crippen molar-refractivity contribution >= 4 is 5.91 Å². The minimum Gasteiger partial charge on any atom is -0.494 e. The molecule has 0 saturated heterocycles. The van der Waals surface area contributed by atoms with Crippen molar-refractivity contribution < 1.29 is 19.7 Å². The van der Waals surface area contributed by atoms with Crippen molar-refractivity contribution in [3.8, 4) is 5.75 Å². The van der Waals surface area contributed by atoms with Gasteiger partial charge in [-0.1, -0.05) is 44.7 Å². The van der Waals surface area contributed by atoms with Crippen LogP contribution in [0.1, 0.15) is 57.6 Å². The van der Waals surface area contributed by atoms with Gasteiger partial charge in [0.05, 0.1) is 6.61 Å². The van der Waals surface area contributed by atoms with Gasteiger partial charge < -0.3 is 20.3 Å². The molecule has 0 aliphatic rings. The molecule has 0 fully saturated rings. The van der Waals surface area contributed by atoms with E-state index in [2.05, 4.69) is 12.2 Å². The summed E-state index contributed by atoms with van der Waals surface area (Å²) in [5.41, 5.74) is 0.596. The Kier molecular flexibility index (Phi) is 9.33. The quantitative estimate of drug-likeness (QED) is 0.547. The predicted octanol–water partition coefficient (Wildman–Crippen LogP) is 2.57. The van der Waals surface area contributed by atoms with Gasteiger partial charge in [-0.05, 0) is 24.1 Å². The average molecular weight is 323 g/mol. The zero-order valence-corrected chi connectivity index (χ0v) is 14.1. The molecule has 0 bridgehead atoms. The zero-order chi connectivity index (χ0) is 17.1. The minimum atomic E-state index is -1.04. The molecule has 0 heterocycles. The fourth-order valence-corrected chi connectivity index (χ4v) is 2.24. The molecule has 130 valence electrons. The fourth-order valence-electron chi connectivity index (χ4n) is 2.24. The molecule has 1 rings (SSSR count). The first-order valence-electron chi connectivity index (χ1n) is 8.38. The average Bonchev–Trinajstić information content (AvgIpc) is 2.55. The van der Waals surface area contributed by atoms with E-state index in [1.54, 1.807) is 24.3 Å². The van der Waals surface area contributed by atoms with Crippen LogP contribution in [0.3, 0.4) is 0 Å². The maximum Gasteiger partial charge on any atom is 0.216 e. The lowest BCUT2D eigenvalue weighted by Gasteiger charge is -2.18. The first kappa shape index (κ1) is 19.5. The van der Waals surface area contributed by atoms with Crippen LogP contribution in [0.2, 0.25) is 0 Å². The molecule has 3 N–H and O–H groups in total. The molecule has 0 aliphatic heterocycles. The van der Waals surface area contributed by atoms with Crippen LogP contribution in [-0.4, -0.2) is 35.4 Å². The molecule has 1 amide bonds. The first-order valence-corrected chi connectivity index (χ1v) is 8.38. The minimum absolute atomic E-state index is 0.0203. The molecule has 1 aromatic carbocycles. The highest BCUT2D eigenvalue weighted by Gasteiger charge is 2.18. The van der Waals surface area contributed by atoms with Gasteiger partial charge in [0.2, 0.25) is 5.91 Å². The van der Waals surface area contributed by atoms with Gasteiger partial charge in [0.25, 0.3) is 0 Å². The maximum atomic E-state index is 10.8. The van der Waals surface area contributed by atoms with E-state index < -0.39 is 12.2 Å². The van der Waals surface area contributed by atoms with Crippen molar-refractivity contribution in [2.24, 2.45) is 0 Å². The van der Waals surface area contributed by atoms with E-state index in [-0.39, 0.29) is 12.5 Å². The topological polar surface area (TPSA) is 78.8 Å². The molecule has 1 aromatic rings. The monoisotopic (exact) mass is 323 g/mol. The van der Waals surface area contributed by atoms with Crippen molar-refractivity contribution in [3.05, 3.63) is 29.8 Å². The summed E-state index contributed by atoms with van der Waals surface area (Å²) in [5.74, 6) is 0.520. The number of hydrogen-bond acceptors (Lipinski definition) is 4. The number of nitrogens with one attached hydrogen (secondary N) is 1. The van der Waals surface area contributed by atoms with Gasteiger partial charge in [0.15, 0.2) is 0 Å². The van der Waals surface area contributed by atoms with E-state index in [0.29, 0.717) is 12.2 Å². The van der Waals surface area contributed by atoms with Crippen LogP contribution in [0, 0.1) is 0 Å². The van der Waals surface area contributed by atoms with Crippen molar-refractivity contribution in [1.82, 2.24) is 5.32 Å². The van der Waals surface area contributed by atoms with Crippen molar-refractivity contribution in [1.29, 1.82) is 0 Å². The Hall–Kier alpha value is -1.59. The Morgan fingerprint density at radius 1 is 1.13 bits per heavy atom. The van der Waals surface area contributed by atoms with Crippen LogP contribution in [-0.2, 0) is 4.79 Å². The second kappa shape index (κ2) is 11.0. The summed E-state index contributed by atoms with van der Waals surface area (Å²) in [5, 5.41) is 22.4. The van der Waals surface area contributed by atoms with Gasteiger partial charge in [0.1, 0.15) is 18.0 Å². The van der Waals surface area contributed by atoms with E-state index in [4.69, 9.17) is 4.74 Å². The summed E-state index contributed by atoms with van der Waals surface area (Å²) in [6, 6.07) is 7.04. The number of amides is 1. The molecule has 0 radical (unpaired) electrons. The van der Waals surface area contributed by atoms with E-state index >= 15 is 0 Å². The fraction of sp³-hybridized carbons (Fsp3) is 0.611. The summed E-state index contributed by atoms with van der Waals surface area (Å²) in [6.45, 7) is 4.27. The Labute approximate surface area is 138 Å². The van der Waals surface area contributed by atoms with E-state index in [1.807, 2.05) is 0 Å². The molecule has 2 atom stereocenters. The Morgan fingerprint density at radius 3 is 2.39 bits per heavy atom. The molecule has 23 heavy (non-hydrogen) atoms. The predicted molar refractivity (Wildman–Crippen MR) is 90.3 cm³/mol. The summed E-state index contributed by atoms with van der Waals surface area (Å²) >= 11 is 0. The summed E-state index contributed by atoms with van der Waals surface area (Å²) in [6.07, 6.45) is 3.90. The molecular weight excluding hydrogens is 294 g/mol. The van der Waals surface area contributed by atoms with Crippen molar-refractivity contribution in [3.63, 3.8) is 0 Å². The number of rotatable bonds is 11. The smallest absolute Gasteiger partial charge is 0.216 e. The molecule has 0 aromatic heterocycles. The van der Waals surface area contributed by atoms with E-state index in [0.717, 1.165) is 12.2 Å². The van der Waals surface area contributed by atoms with Gasteiger partial charge >= 0.3 is 0 Å². The number of hydrogen-bond donors (Lipinski definition) is 3. The number of ether oxygens (including phenoxy) is 1. The number of benzene rings is 1. The summed E-state index contributed by atoms with van der Waals surface area (Å²) in [4.78, 5) is 10.8. The summed E-state index contributed by atoms with van der Waals surface area (Å²) < 4.78 is 5.66. The zero-order valence-electron chi connectivity index (χ0n) is 14.1. The number of aliphatic hydroxyl groups is 2. The number of carbonyl (C=O) groups excluding carboxylic acids is 1. The van der Waals surface area contributed by atoms with Gasteiger partial charge in [-0.2, -0.15) is 0 Å².